The minimum atomic E-state index is -0.124. The molecule has 1 N–H and O–H groups in total. The van der Waals surface area contributed by atoms with Crippen LogP contribution in [0.25, 0.3) is 10.9 Å². The Morgan fingerprint density at radius 1 is 1.17 bits per heavy atom. The summed E-state index contributed by atoms with van der Waals surface area (Å²) in [6.07, 6.45) is 5.22. The van der Waals surface area contributed by atoms with Crippen molar-refractivity contribution in [1.82, 2.24) is 19.8 Å². The van der Waals surface area contributed by atoms with Gasteiger partial charge in [-0.25, -0.2) is 4.98 Å². The lowest BCUT2D eigenvalue weighted by Crippen LogP contribution is -2.47. The van der Waals surface area contributed by atoms with Crippen LogP contribution in [-0.4, -0.2) is 59.2 Å². The summed E-state index contributed by atoms with van der Waals surface area (Å²) in [6, 6.07) is 5.49. The average Bonchev–Trinajstić information content (AvgIpc) is 2.73. The largest absolute Gasteiger partial charge is 0.379 e. The number of fused-ring (bicyclic) bond motifs is 2. The highest BCUT2D eigenvalue weighted by Crippen LogP contribution is 2.16. The zero-order valence-electron chi connectivity index (χ0n) is 17.2. The van der Waals surface area contributed by atoms with E-state index in [4.69, 9.17) is 9.72 Å². The van der Waals surface area contributed by atoms with E-state index in [9.17, 15) is 9.59 Å². The van der Waals surface area contributed by atoms with Gasteiger partial charge < -0.3 is 10.1 Å². The van der Waals surface area contributed by atoms with Crippen LogP contribution in [0.3, 0.4) is 0 Å². The van der Waals surface area contributed by atoms with Gasteiger partial charge in [-0.2, -0.15) is 0 Å². The Morgan fingerprint density at radius 3 is 2.79 bits per heavy atom. The van der Waals surface area contributed by atoms with Crippen molar-refractivity contribution in [2.45, 2.75) is 51.6 Å². The molecule has 1 aromatic heterocycles. The number of carbonyl (C=O) groups excluding carboxylic acids is 1. The summed E-state index contributed by atoms with van der Waals surface area (Å²) in [6.45, 7) is 6.71. The summed E-state index contributed by atoms with van der Waals surface area (Å²) < 4.78 is 7.21. The molecule has 0 radical (unpaired) electrons. The predicted octanol–water partition coefficient (Wildman–Crippen LogP) is 1.96. The Morgan fingerprint density at radius 2 is 1.97 bits per heavy atom. The molecule has 1 atom stereocenters. The van der Waals surface area contributed by atoms with Gasteiger partial charge in [-0.1, -0.05) is 12.8 Å². The molecule has 3 heterocycles. The van der Waals surface area contributed by atoms with E-state index in [1.807, 2.05) is 4.57 Å². The van der Waals surface area contributed by atoms with Crippen LogP contribution in [0, 0.1) is 0 Å². The topological polar surface area (TPSA) is 76.5 Å². The first-order valence-electron chi connectivity index (χ1n) is 10.8. The molecule has 156 valence electrons. The van der Waals surface area contributed by atoms with E-state index in [-0.39, 0.29) is 17.5 Å². The van der Waals surface area contributed by atoms with Crippen LogP contribution in [0.2, 0.25) is 0 Å². The first-order chi connectivity index (χ1) is 14.1. The van der Waals surface area contributed by atoms with Crippen molar-refractivity contribution in [2.24, 2.45) is 0 Å². The first kappa shape index (κ1) is 20.0. The van der Waals surface area contributed by atoms with Crippen molar-refractivity contribution < 1.29 is 9.53 Å². The quantitative estimate of drug-likeness (QED) is 0.852. The number of aryl methyl sites for hydroxylation is 1. The highest BCUT2D eigenvalue weighted by molar-refractivity contribution is 5.97. The number of hydrogen-bond donors (Lipinski definition) is 1. The molecule has 0 spiro atoms. The van der Waals surface area contributed by atoms with E-state index in [1.54, 1.807) is 18.2 Å². The third-order valence-corrected chi connectivity index (χ3v) is 6.06. The number of rotatable bonds is 4. The van der Waals surface area contributed by atoms with Gasteiger partial charge in [0.1, 0.15) is 5.82 Å². The van der Waals surface area contributed by atoms with E-state index >= 15 is 0 Å². The Kier molecular flexibility index (Phi) is 6.25. The molecule has 2 aromatic rings. The molecule has 0 bridgehead atoms. The molecule has 1 unspecified atom stereocenters. The van der Waals surface area contributed by atoms with Gasteiger partial charge in [-0.15, -0.1) is 0 Å². The normalized spacial score (nSPS) is 19.2. The molecule has 0 saturated carbocycles. The van der Waals surface area contributed by atoms with E-state index in [2.05, 4.69) is 17.1 Å². The number of hydrogen-bond acceptors (Lipinski definition) is 5. The second-order valence-electron chi connectivity index (χ2n) is 8.09. The van der Waals surface area contributed by atoms with Gasteiger partial charge in [0.2, 0.25) is 0 Å². The van der Waals surface area contributed by atoms with Gasteiger partial charge >= 0.3 is 0 Å². The minimum absolute atomic E-state index is 0.0137. The first-order valence-corrected chi connectivity index (χ1v) is 10.8. The van der Waals surface area contributed by atoms with Crippen molar-refractivity contribution in [2.75, 3.05) is 32.8 Å². The van der Waals surface area contributed by atoms with Gasteiger partial charge in [0.25, 0.3) is 11.5 Å². The Labute approximate surface area is 171 Å². The fourth-order valence-corrected chi connectivity index (χ4v) is 4.23. The number of amides is 1. The SMILES string of the molecule is CC(CNC(=O)c1ccc2c(=O)n3c(nc2c1)CCCCCC3)N1CCOCC1. The molecule has 1 saturated heterocycles. The zero-order chi connectivity index (χ0) is 20.2. The number of carbonyl (C=O) groups is 1. The fourth-order valence-electron chi connectivity index (χ4n) is 4.23. The van der Waals surface area contributed by atoms with Crippen molar-refractivity contribution in [3.8, 4) is 0 Å². The number of nitrogens with zero attached hydrogens (tertiary/aromatic N) is 3. The monoisotopic (exact) mass is 398 g/mol. The summed E-state index contributed by atoms with van der Waals surface area (Å²) in [5.74, 6) is 0.723. The second-order valence-corrected chi connectivity index (χ2v) is 8.09. The summed E-state index contributed by atoms with van der Waals surface area (Å²) in [5, 5.41) is 3.61. The predicted molar refractivity (Wildman–Crippen MR) is 112 cm³/mol. The Hall–Kier alpha value is -2.25. The maximum atomic E-state index is 12.9. The highest BCUT2D eigenvalue weighted by atomic mass is 16.5. The van der Waals surface area contributed by atoms with E-state index in [0.29, 0.717) is 23.0 Å². The molecule has 7 heteroatoms. The van der Waals surface area contributed by atoms with Crippen LogP contribution >= 0.6 is 0 Å². The van der Waals surface area contributed by atoms with Crippen molar-refractivity contribution in [1.29, 1.82) is 0 Å². The van der Waals surface area contributed by atoms with Crippen LogP contribution in [0.1, 0.15) is 48.8 Å². The van der Waals surface area contributed by atoms with Crippen molar-refractivity contribution >= 4 is 16.8 Å². The molecule has 4 rings (SSSR count). The van der Waals surface area contributed by atoms with Crippen LogP contribution in [0.5, 0.6) is 0 Å². The lowest BCUT2D eigenvalue weighted by atomic mass is 10.1. The van der Waals surface area contributed by atoms with Gasteiger partial charge in [0.05, 0.1) is 24.1 Å². The lowest BCUT2D eigenvalue weighted by Gasteiger charge is -2.32. The van der Waals surface area contributed by atoms with Crippen LogP contribution < -0.4 is 10.9 Å². The van der Waals surface area contributed by atoms with Crippen LogP contribution in [0.4, 0.5) is 0 Å². The number of ether oxygens (including phenoxy) is 1. The Bertz CT molecular complexity index is 934. The third kappa shape index (κ3) is 4.51. The van der Waals surface area contributed by atoms with Crippen LogP contribution in [-0.2, 0) is 17.7 Å². The number of benzene rings is 1. The molecule has 1 aromatic carbocycles. The molecular weight excluding hydrogens is 368 g/mol. The summed E-state index contributed by atoms with van der Waals surface area (Å²) in [7, 11) is 0. The standard InChI is InChI=1S/C22H30N4O3/c1-16(25-10-12-29-13-11-25)15-23-21(27)17-7-8-18-19(14-17)24-20-6-4-2-3-5-9-26(20)22(18)28/h7-8,14,16H,2-6,9-13,15H2,1H3,(H,23,27). The van der Waals surface area contributed by atoms with Crippen molar-refractivity contribution in [3.63, 3.8) is 0 Å². The zero-order valence-corrected chi connectivity index (χ0v) is 17.2. The molecule has 7 nitrogen and oxygen atoms in total. The minimum Gasteiger partial charge on any atom is -0.379 e. The van der Waals surface area contributed by atoms with Crippen molar-refractivity contribution in [3.05, 3.63) is 39.9 Å². The maximum absolute atomic E-state index is 12.9. The maximum Gasteiger partial charge on any atom is 0.261 e. The molecule has 0 aliphatic carbocycles. The summed E-state index contributed by atoms with van der Waals surface area (Å²) in [5.41, 5.74) is 1.19. The van der Waals surface area contributed by atoms with Gasteiger partial charge in [0.15, 0.2) is 0 Å². The number of aromatic nitrogens is 2. The summed E-state index contributed by atoms with van der Waals surface area (Å²) in [4.78, 5) is 32.7. The second kappa shape index (κ2) is 9.05. The summed E-state index contributed by atoms with van der Waals surface area (Å²) >= 11 is 0. The fraction of sp³-hybridized carbons (Fsp3) is 0.591. The molecule has 29 heavy (non-hydrogen) atoms. The van der Waals surface area contributed by atoms with Gasteiger partial charge in [0, 0.05) is 44.2 Å². The van der Waals surface area contributed by atoms with E-state index in [1.165, 1.54) is 6.42 Å². The smallest absolute Gasteiger partial charge is 0.261 e. The third-order valence-electron chi connectivity index (χ3n) is 6.06. The number of nitrogens with one attached hydrogen (secondary N) is 1. The van der Waals surface area contributed by atoms with Gasteiger partial charge in [-0.05, 0) is 38.0 Å². The Balaban J connectivity index is 1.51. The van der Waals surface area contributed by atoms with Crippen LogP contribution in [0.15, 0.2) is 23.0 Å². The van der Waals surface area contributed by atoms with E-state index < -0.39 is 0 Å². The average molecular weight is 399 g/mol. The lowest BCUT2D eigenvalue weighted by molar-refractivity contribution is 0.0204. The molecule has 1 fully saturated rings. The molecule has 2 aliphatic heterocycles. The number of morpholine rings is 1. The van der Waals surface area contributed by atoms with Gasteiger partial charge in [-0.3, -0.25) is 19.1 Å². The highest BCUT2D eigenvalue weighted by Gasteiger charge is 2.19. The van der Waals surface area contributed by atoms with E-state index in [0.717, 1.165) is 64.4 Å². The molecular formula is C22H30N4O3. The molecule has 2 aliphatic rings. The molecule has 1 amide bonds.